The minimum atomic E-state index is -1.05. The predicted molar refractivity (Wildman–Crippen MR) is 99.7 cm³/mol. The van der Waals surface area contributed by atoms with E-state index >= 15 is 0 Å². The quantitative estimate of drug-likeness (QED) is 0.833. The van der Waals surface area contributed by atoms with Crippen LogP contribution in [0, 0.1) is 12.3 Å². The molecule has 2 aromatic heterocycles. The normalized spacial score (nSPS) is 21.0. The molecule has 1 aliphatic rings. The average Bonchev–Trinajstić information content (AvgIpc) is 3.25. The van der Waals surface area contributed by atoms with Gasteiger partial charge in [0.1, 0.15) is 5.41 Å². The number of carbonyl (C=O) groups excluding carboxylic acids is 1. The van der Waals surface area contributed by atoms with Gasteiger partial charge in [-0.1, -0.05) is 6.92 Å². The van der Waals surface area contributed by atoms with E-state index in [1.807, 2.05) is 11.6 Å². The summed E-state index contributed by atoms with van der Waals surface area (Å²) < 4.78 is 6.96. The van der Waals surface area contributed by atoms with Crippen LogP contribution in [0.2, 0.25) is 0 Å². The Morgan fingerprint density at radius 2 is 2.19 bits per heavy atom. The topological polar surface area (TPSA) is 97.6 Å². The van der Waals surface area contributed by atoms with E-state index in [4.69, 9.17) is 4.74 Å². The highest BCUT2D eigenvalue weighted by atomic mass is 16.5. The van der Waals surface area contributed by atoms with Crippen LogP contribution in [0.5, 0.6) is 0 Å². The number of aryl methyl sites for hydroxylation is 1. The van der Waals surface area contributed by atoms with Gasteiger partial charge in [-0.2, -0.15) is 5.10 Å². The van der Waals surface area contributed by atoms with E-state index in [0.717, 1.165) is 12.1 Å². The average molecular weight is 374 g/mol. The summed E-state index contributed by atoms with van der Waals surface area (Å²) in [6, 6.07) is 1.93. The summed E-state index contributed by atoms with van der Waals surface area (Å²) in [5.74, 6) is -1.12. The van der Waals surface area contributed by atoms with Gasteiger partial charge >= 0.3 is 5.97 Å². The van der Waals surface area contributed by atoms with Gasteiger partial charge in [0.25, 0.3) is 5.91 Å². The van der Waals surface area contributed by atoms with Gasteiger partial charge in [-0.3, -0.25) is 9.59 Å². The molecular weight excluding hydrogens is 348 g/mol. The van der Waals surface area contributed by atoms with Gasteiger partial charge in [0.2, 0.25) is 0 Å². The third-order valence-electron chi connectivity index (χ3n) is 5.45. The molecular formula is C19H26N4O4. The lowest BCUT2D eigenvalue weighted by Gasteiger charge is -2.24. The molecule has 1 saturated heterocycles. The first kappa shape index (κ1) is 19.3. The molecule has 2 aromatic rings. The summed E-state index contributed by atoms with van der Waals surface area (Å²) in [6.07, 6.45) is 2.96. The molecule has 8 heteroatoms. The number of nitrogens with zero attached hydrogens (tertiary/aromatic N) is 4. The minimum Gasteiger partial charge on any atom is -0.481 e. The van der Waals surface area contributed by atoms with Crippen molar-refractivity contribution in [3.05, 3.63) is 23.5 Å². The predicted octanol–water partition coefficient (Wildman–Crippen LogP) is 2.27. The number of aliphatic carboxylic acids is 1. The molecule has 8 nitrogen and oxygen atoms in total. The van der Waals surface area contributed by atoms with Crippen molar-refractivity contribution < 1.29 is 19.4 Å². The number of pyridine rings is 1. The van der Waals surface area contributed by atoms with E-state index in [0.29, 0.717) is 29.6 Å². The van der Waals surface area contributed by atoms with Gasteiger partial charge < -0.3 is 14.7 Å². The molecule has 146 valence electrons. The summed E-state index contributed by atoms with van der Waals surface area (Å²) >= 11 is 0. The van der Waals surface area contributed by atoms with Gasteiger partial charge in [-0.25, -0.2) is 9.67 Å². The largest absolute Gasteiger partial charge is 0.481 e. The second-order valence-electron chi connectivity index (χ2n) is 7.39. The minimum absolute atomic E-state index is 0.0862. The highest BCUT2D eigenvalue weighted by Crippen LogP contribution is 2.33. The molecule has 0 aromatic carbocycles. The van der Waals surface area contributed by atoms with Crippen molar-refractivity contribution in [3.63, 3.8) is 0 Å². The molecule has 0 radical (unpaired) electrons. The molecule has 2 atom stereocenters. The number of ether oxygens (including phenoxy) is 1. The molecule has 27 heavy (non-hydrogen) atoms. The fourth-order valence-corrected chi connectivity index (χ4v) is 3.66. The lowest BCUT2D eigenvalue weighted by atomic mass is 9.88. The van der Waals surface area contributed by atoms with Crippen LogP contribution in [0.4, 0.5) is 0 Å². The zero-order valence-corrected chi connectivity index (χ0v) is 16.2. The Bertz CT molecular complexity index is 878. The maximum atomic E-state index is 13.2. The van der Waals surface area contributed by atoms with Crippen molar-refractivity contribution in [2.75, 3.05) is 26.8 Å². The number of methoxy groups -OCH3 is 1. The number of carboxylic acid groups (broad SMARTS) is 1. The summed E-state index contributed by atoms with van der Waals surface area (Å²) in [6.45, 7) is 6.59. The highest BCUT2D eigenvalue weighted by Gasteiger charge is 2.46. The van der Waals surface area contributed by atoms with Crippen molar-refractivity contribution in [2.24, 2.45) is 5.41 Å². The van der Waals surface area contributed by atoms with Crippen LogP contribution in [0.25, 0.3) is 11.0 Å². The van der Waals surface area contributed by atoms with Crippen LogP contribution in [-0.4, -0.2) is 63.5 Å². The van der Waals surface area contributed by atoms with Crippen molar-refractivity contribution in [1.29, 1.82) is 0 Å². The molecule has 0 saturated carbocycles. The van der Waals surface area contributed by atoms with Crippen LogP contribution >= 0.6 is 0 Å². The number of carboxylic acids is 1. The third-order valence-corrected chi connectivity index (χ3v) is 5.45. The second-order valence-corrected chi connectivity index (χ2v) is 7.39. The molecule has 1 N–H and O–H groups in total. The molecule has 2 unspecified atom stereocenters. The van der Waals surface area contributed by atoms with E-state index in [9.17, 15) is 14.7 Å². The first-order valence-electron chi connectivity index (χ1n) is 9.19. The van der Waals surface area contributed by atoms with Crippen LogP contribution in [-0.2, 0) is 9.53 Å². The van der Waals surface area contributed by atoms with E-state index in [2.05, 4.69) is 23.9 Å². The Hall–Kier alpha value is -2.48. The number of aromatic nitrogens is 3. The van der Waals surface area contributed by atoms with Crippen molar-refractivity contribution in [1.82, 2.24) is 19.7 Å². The molecule has 1 aliphatic heterocycles. The number of hydrogen-bond acceptors (Lipinski definition) is 5. The first-order chi connectivity index (χ1) is 12.8. The number of likely N-dealkylation sites (tertiary alicyclic amines) is 1. The van der Waals surface area contributed by atoms with Crippen LogP contribution in [0.3, 0.4) is 0 Å². The van der Waals surface area contributed by atoms with Crippen molar-refractivity contribution in [3.8, 4) is 0 Å². The molecule has 0 aliphatic carbocycles. The third kappa shape index (κ3) is 3.29. The molecule has 3 rings (SSSR count). The number of hydrogen-bond donors (Lipinski definition) is 1. The number of rotatable bonds is 6. The first-order valence-corrected chi connectivity index (χ1v) is 9.19. The second kappa shape index (κ2) is 7.26. The Morgan fingerprint density at radius 1 is 1.44 bits per heavy atom. The van der Waals surface area contributed by atoms with Crippen LogP contribution in [0.15, 0.2) is 12.3 Å². The summed E-state index contributed by atoms with van der Waals surface area (Å²) in [5.41, 5.74) is 0.891. The van der Waals surface area contributed by atoms with Crippen LogP contribution < -0.4 is 0 Å². The summed E-state index contributed by atoms with van der Waals surface area (Å²) in [7, 11) is 1.48. The lowest BCUT2D eigenvalue weighted by molar-refractivity contribution is -0.151. The van der Waals surface area contributed by atoms with Gasteiger partial charge in [-0.15, -0.1) is 0 Å². The fraction of sp³-hybridized carbons (Fsp3) is 0.579. The van der Waals surface area contributed by atoms with E-state index in [1.54, 1.807) is 17.2 Å². The number of amides is 1. The lowest BCUT2D eigenvalue weighted by Crippen LogP contribution is -2.40. The van der Waals surface area contributed by atoms with Crippen molar-refractivity contribution >= 4 is 22.9 Å². The number of carbonyl (C=O) groups is 2. The Labute approximate surface area is 158 Å². The zero-order valence-electron chi connectivity index (χ0n) is 16.2. The van der Waals surface area contributed by atoms with Gasteiger partial charge in [0.15, 0.2) is 5.65 Å². The summed E-state index contributed by atoms with van der Waals surface area (Å²) in [4.78, 5) is 31.1. The monoisotopic (exact) mass is 374 g/mol. The Balaban J connectivity index is 1.97. The van der Waals surface area contributed by atoms with Gasteiger partial charge in [0, 0.05) is 25.9 Å². The molecule has 1 fully saturated rings. The van der Waals surface area contributed by atoms with Crippen molar-refractivity contribution in [2.45, 2.75) is 39.7 Å². The fourth-order valence-electron chi connectivity index (χ4n) is 3.66. The van der Waals surface area contributed by atoms with E-state index < -0.39 is 11.4 Å². The van der Waals surface area contributed by atoms with Gasteiger partial charge in [0.05, 0.1) is 29.8 Å². The maximum Gasteiger partial charge on any atom is 0.313 e. The molecule has 1 amide bonds. The zero-order chi connectivity index (χ0) is 19.8. The molecule has 0 spiro atoms. The molecule has 0 bridgehead atoms. The summed E-state index contributed by atoms with van der Waals surface area (Å²) in [5, 5.41) is 14.8. The van der Waals surface area contributed by atoms with Gasteiger partial charge in [-0.05, 0) is 32.8 Å². The van der Waals surface area contributed by atoms with E-state index in [-0.39, 0.29) is 25.1 Å². The number of fused-ring (bicyclic) bond motifs is 1. The van der Waals surface area contributed by atoms with Crippen LogP contribution in [0.1, 0.15) is 48.8 Å². The Kier molecular flexibility index (Phi) is 5.19. The Morgan fingerprint density at radius 3 is 2.81 bits per heavy atom. The van der Waals surface area contributed by atoms with E-state index in [1.165, 1.54) is 7.11 Å². The smallest absolute Gasteiger partial charge is 0.313 e. The maximum absolute atomic E-state index is 13.2. The highest BCUT2D eigenvalue weighted by molar-refractivity contribution is 6.05. The SMILES string of the molecule is CCC(C)n1ncc2c(C(=O)N3CCC(COC)(C(=O)O)C3)cc(C)nc21. The molecule has 3 heterocycles. The standard InChI is InChI=1S/C19H26N4O4/c1-5-13(3)23-16-15(9-20-23)14(8-12(2)21-16)17(24)22-7-6-19(10-22,11-27-4)18(25)26/h8-9,13H,5-7,10-11H2,1-4H3,(H,25,26).